The van der Waals surface area contributed by atoms with Crippen molar-refractivity contribution in [2.24, 2.45) is 0 Å². The minimum atomic E-state index is -3.37. The lowest BCUT2D eigenvalue weighted by molar-refractivity contribution is 0.606. The van der Waals surface area contributed by atoms with E-state index in [0.29, 0.717) is 12.1 Å². The highest BCUT2D eigenvalue weighted by atomic mass is 32.2. The molecule has 0 spiro atoms. The van der Waals surface area contributed by atoms with Crippen LogP contribution in [0.4, 0.5) is 10.1 Å². The molecule has 3 nitrogen and oxygen atoms in total. The fourth-order valence-electron chi connectivity index (χ4n) is 4.01. The van der Waals surface area contributed by atoms with E-state index in [1.165, 1.54) is 11.6 Å². The predicted molar refractivity (Wildman–Crippen MR) is 117 cm³/mol. The number of aryl methyl sites for hydroxylation is 1. The molecule has 3 aromatic rings. The average molecular weight is 408 g/mol. The Labute approximate surface area is 171 Å². The van der Waals surface area contributed by atoms with Crippen molar-refractivity contribution in [1.82, 2.24) is 0 Å². The summed E-state index contributed by atoms with van der Waals surface area (Å²) >= 11 is 0. The number of anilines is 1. The number of fused-ring (bicyclic) bond motifs is 2. The molecule has 3 aromatic carbocycles. The Morgan fingerprint density at radius 2 is 1.66 bits per heavy atom. The largest absolute Gasteiger partial charge is 0.284 e. The highest BCUT2D eigenvalue weighted by Crippen LogP contribution is 2.39. The van der Waals surface area contributed by atoms with Crippen molar-refractivity contribution in [3.8, 4) is 0 Å². The summed E-state index contributed by atoms with van der Waals surface area (Å²) in [5.41, 5.74) is 7.26. The Morgan fingerprint density at radius 1 is 0.931 bits per heavy atom. The molecule has 5 heteroatoms. The Kier molecular flexibility index (Phi) is 5.01. The van der Waals surface area contributed by atoms with Gasteiger partial charge in [-0.05, 0) is 76.9 Å². The third kappa shape index (κ3) is 3.96. The maximum atomic E-state index is 14.7. The second-order valence-electron chi connectivity index (χ2n) is 7.38. The first kappa shape index (κ1) is 19.4. The molecule has 0 heterocycles. The summed E-state index contributed by atoms with van der Waals surface area (Å²) in [5, 5.41) is 0. The molecule has 148 valence electrons. The molecule has 0 unspecified atom stereocenters. The number of allylic oxidation sites excluding steroid dienone is 1. The number of halogens is 1. The first-order valence-electron chi connectivity index (χ1n) is 9.48. The van der Waals surface area contributed by atoms with Gasteiger partial charge in [0.2, 0.25) is 10.0 Å². The lowest BCUT2D eigenvalue weighted by atomic mass is 9.88. The van der Waals surface area contributed by atoms with Gasteiger partial charge in [0.1, 0.15) is 5.82 Å². The predicted octanol–water partition coefficient (Wildman–Crippen LogP) is 5.27. The van der Waals surface area contributed by atoms with Crippen LogP contribution in [0.2, 0.25) is 0 Å². The topological polar surface area (TPSA) is 46.2 Å². The molecule has 0 amide bonds. The summed E-state index contributed by atoms with van der Waals surface area (Å²) in [6.45, 7) is 2.01. The van der Waals surface area contributed by atoms with Crippen LogP contribution in [-0.4, -0.2) is 14.7 Å². The van der Waals surface area contributed by atoms with E-state index >= 15 is 0 Å². The van der Waals surface area contributed by atoms with Gasteiger partial charge in [0, 0.05) is 5.69 Å². The average Bonchev–Trinajstić information content (AvgIpc) is 2.84. The monoisotopic (exact) mass is 407 g/mol. The number of benzene rings is 3. The van der Waals surface area contributed by atoms with Gasteiger partial charge in [-0.25, -0.2) is 12.8 Å². The molecular weight excluding hydrogens is 385 g/mol. The van der Waals surface area contributed by atoms with Crippen molar-refractivity contribution >= 4 is 26.9 Å². The molecule has 0 aliphatic heterocycles. The minimum absolute atomic E-state index is 0.187. The van der Waals surface area contributed by atoms with Gasteiger partial charge in [0.05, 0.1) is 6.26 Å². The van der Waals surface area contributed by atoms with Crippen LogP contribution >= 0.6 is 0 Å². The second kappa shape index (κ2) is 7.48. The first-order valence-corrected chi connectivity index (χ1v) is 11.4. The van der Waals surface area contributed by atoms with Crippen LogP contribution in [0.5, 0.6) is 0 Å². The molecule has 0 saturated heterocycles. The van der Waals surface area contributed by atoms with Crippen LogP contribution in [-0.2, 0) is 22.9 Å². The van der Waals surface area contributed by atoms with Gasteiger partial charge in [-0.15, -0.1) is 0 Å². The molecule has 0 fully saturated rings. The fraction of sp³-hybridized carbons (Fsp3) is 0.167. The molecule has 0 radical (unpaired) electrons. The quantitative estimate of drug-likeness (QED) is 0.642. The summed E-state index contributed by atoms with van der Waals surface area (Å²) in [5.74, 6) is -0.187. The number of nitrogens with one attached hydrogen (secondary N) is 1. The van der Waals surface area contributed by atoms with Gasteiger partial charge in [-0.3, -0.25) is 4.72 Å². The SMILES string of the molecule is C/C(=C1\c2ccccc2CCc2c(F)cccc21)c1cccc(NS(C)(=O)=O)c1. The van der Waals surface area contributed by atoms with Crippen LogP contribution in [0.3, 0.4) is 0 Å². The third-order valence-corrected chi connectivity index (χ3v) is 5.90. The van der Waals surface area contributed by atoms with Crippen LogP contribution in [0.15, 0.2) is 66.7 Å². The van der Waals surface area contributed by atoms with E-state index in [2.05, 4.69) is 16.9 Å². The first-order chi connectivity index (χ1) is 13.8. The lowest BCUT2D eigenvalue weighted by Crippen LogP contribution is -2.09. The summed E-state index contributed by atoms with van der Waals surface area (Å²) in [6, 6.07) is 20.7. The Hall–Kier alpha value is -2.92. The van der Waals surface area contributed by atoms with Gasteiger partial charge < -0.3 is 0 Å². The van der Waals surface area contributed by atoms with Gasteiger partial charge in [0.15, 0.2) is 0 Å². The molecular formula is C24H22FNO2S. The zero-order chi connectivity index (χ0) is 20.6. The van der Waals surface area contributed by atoms with Gasteiger partial charge in [0.25, 0.3) is 0 Å². The van der Waals surface area contributed by atoms with Crippen molar-refractivity contribution in [2.75, 3.05) is 11.0 Å². The maximum Gasteiger partial charge on any atom is 0.229 e. The van der Waals surface area contributed by atoms with Gasteiger partial charge in [-0.2, -0.15) is 0 Å². The van der Waals surface area contributed by atoms with Crippen LogP contribution < -0.4 is 4.72 Å². The summed E-state index contributed by atoms with van der Waals surface area (Å²) < 4.78 is 40.5. The van der Waals surface area contributed by atoms with Crippen LogP contribution in [0.25, 0.3) is 11.1 Å². The molecule has 1 aliphatic carbocycles. The van der Waals surface area contributed by atoms with E-state index in [-0.39, 0.29) is 5.82 Å². The zero-order valence-electron chi connectivity index (χ0n) is 16.4. The molecule has 1 aliphatic rings. The van der Waals surface area contributed by atoms with E-state index in [1.54, 1.807) is 12.1 Å². The Bertz CT molecular complexity index is 1230. The summed E-state index contributed by atoms with van der Waals surface area (Å²) in [6.07, 6.45) is 2.55. The second-order valence-corrected chi connectivity index (χ2v) is 9.13. The third-order valence-electron chi connectivity index (χ3n) is 5.29. The maximum absolute atomic E-state index is 14.7. The Morgan fingerprint density at radius 3 is 2.45 bits per heavy atom. The summed E-state index contributed by atoms with van der Waals surface area (Å²) in [4.78, 5) is 0. The molecule has 4 rings (SSSR count). The summed E-state index contributed by atoms with van der Waals surface area (Å²) in [7, 11) is -3.37. The standard InChI is InChI=1S/C24H22FNO2S/c1-16(18-8-5-9-19(15-18)26-29(2,27)28)24-20-10-4-3-7-17(20)13-14-21-22(24)11-6-12-23(21)25/h3-12,15,26H,13-14H2,1-2H3/b24-16-. The van der Waals surface area contributed by atoms with E-state index < -0.39 is 10.0 Å². The molecule has 29 heavy (non-hydrogen) atoms. The lowest BCUT2D eigenvalue weighted by Gasteiger charge is -2.17. The van der Waals surface area contributed by atoms with Gasteiger partial charge >= 0.3 is 0 Å². The van der Waals surface area contributed by atoms with Gasteiger partial charge in [-0.1, -0.05) is 48.5 Å². The number of hydrogen-bond donors (Lipinski definition) is 1. The highest BCUT2D eigenvalue weighted by molar-refractivity contribution is 7.92. The minimum Gasteiger partial charge on any atom is -0.284 e. The number of rotatable bonds is 3. The smallest absolute Gasteiger partial charge is 0.229 e. The van der Waals surface area contributed by atoms with E-state index in [1.807, 2.05) is 43.3 Å². The normalized spacial score (nSPS) is 15.1. The number of sulfonamides is 1. The molecule has 0 bridgehead atoms. The molecule has 0 atom stereocenters. The van der Waals surface area contributed by atoms with E-state index in [4.69, 9.17) is 0 Å². The Balaban J connectivity index is 1.97. The molecule has 1 N–H and O–H groups in total. The zero-order valence-corrected chi connectivity index (χ0v) is 17.2. The van der Waals surface area contributed by atoms with Crippen LogP contribution in [0, 0.1) is 5.82 Å². The van der Waals surface area contributed by atoms with E-state index in [9.17, 15) is 12.8 Å². The van der Waals surface area contributed by atoms with Crippen LogP contribution in [0.1, 0.15) is 34.7 Å². The van der Waals surface area contributed by atoms with Crippen molar-refractivity contribution in [1.29, 1.82) is 0 Å². The fourth-order valence-corrected chi connectivity index (χ4v) is 4.57. The highest BCUT2D eigenvalue weighted by Gasteiger charge is 2.22. The molecule has 0 saturated carbocycles. The van der Waals surface area contributed by atoms with E-state index in [0.717, 1.165) is 46.1 Å². The van der Waals surface area contributed by atoms with Crippen molar-refractivity contribution in [3.05, 3.63) is 100 Å². The molecule has 0 aromatic heterocycles. The number of hydrogen-bond acceptors (Lipinski definition) is 2. The van der Waals surface area contributed by atoms with Crippen molar-refractivity contribution in [2.45, 2.75) is 19.8 Å². The van der Waals surface area contributed by atoms with Crippen molar-refractivity contribution in [3.63, 3.8) is 0 Å². The van der Waals surface area contributed by atoms with Crippen molar-refractivity contribution < 1.29 is 12.8 Å².